The molecule has 2 rings (SSSR count). The summed E-state index contributed by atoms with van der Waals surface area (Å²) < 4.78 is 10.1. The van der Waals surface area contributed by atoms with E-state index in [2.05, 4.69) is 0 Å². The van der Waals surface area contributed by atoms with Crippen LogP contribution in [-0.4, -0.2) is 41.5 Å². The number of carbonyl (C=O) groups is 2. The van der Waals surface area contributed by atoms with Crippen molar-refractivity contribution >= 4 is 11.9 Å². The molecule has 132 valence electrons. The Morgan fingerprint density at radius 3 is 2.38 bits per heavy atom. The first-order chi connectivity index (χ1) is 11.5. The highest BCUT2D eigenvalue weighted by molar-refractivity contribution is 5.83. The molecule has 0 saturated heterocycles. The second-order valence-corrected chi connectivity index (χ2v) is 6.29. The van der Waals surface area contributed by atoms with Gasteiger partial charge in [0.1, 0.15) is 6.61 Å². The number of methoxy groups -OCH3 is 1. The molecule has 0 aliphatic heterocycles. The predicted molar refractivity (Wildman–Crippen MR) is 85.7 cm³/mol. The Kier molecular flexibility index (Phi) is 6.34. The molecule has 0 aromatic heterocycles. The van der Waals surface area contributed by atoms with Crippen LogP contribution in [0.5, 0.6) is 0 Å². The second kappa shape index (κ2) is 8.26. The van der Waals surface area contributed by atoms with E-state index in [1.54, 1.807) is 0 Å². The van der Waals surface area contributed by atoms with Gasteiger partial charge in [0.15, 0.2) is 0 Å². The Balaban J connectivity index is 2.03. The summed E-state index contributed by atoms with van der Waals surface area (Å²) in [5.74, 6) is -2.47. The van der Waals surface area contributed by atoms with E-state index in [1.807, 2.05) is 30.3 Å². The van der Waals surface area contributed by atoms with Gasteiger partial charge < -0.3 is 19.7 Å². The van der Waals surface area contributed by atoms with Gasteiger partial charge in [-0.2, -0.15) is 0 Å². The van der Waals surface area contributed by atoms with Crippen LogP contribution in [-0.2, 0) is 25.7 Å². The van der Waals surface area contributed by atoms with Crippen LogP contribution in [0.25, 0.3) is 0 Å². The molecule has 0 radical (unpaired) electrons. The van der Waals surface area contributed by atoms with E-state index in [0.29, 0.717) is 12.8 Å². The first-order valence-corrected chi connectivity index (χ1v) is 8.11. The fraction of sp³-hybridized carbons (Fsp3) is 0.556. The lowest BCUT2D eigenvalue weighted by Crippen LogP contribution is -2.27. The van der Waals surface area contributed by atoms with E-state index in [9.17, 15) is 14.7 Å². The van der Waals surface area contributed by atoms with Crippen LogP contribution in [0.4, 0.5) is 0 Å². The van der Waals surface area contributed by atoms with E-state index < -0.39 is 29.4 Å². The van der Waals surface area contributed by atoms with Gasteiger partial charge in [-0.3, -0.25) is 9.59 Å². The number of hydrogen-bond acceptors (Lipinski definition) is 6. The first-order valence-electron chi connectivity index (χ1n) is 8.11. The minimum Gasteiger partial charge on any atom is -0.469 e. The molecule has 1 aromatic rings. The van der Waals surface area contributed by atoms with Crippen LogP contribution in [0, 0.1) is 11.8 Å². The van der Waals surface area contributed by atoms with Crippen LogP contribution in [0.3, 0.4) is 0 Å². The molecular formula is C18H24O6. The maximum atomic E-state index is 12.4. The van der Waals surface area contributed by atoms with Crippen molar-refractivity contribution in [3.8, 4) is 0 Å². The SMILES string of the molecule is COC(=O)[C@H]1CC(O)(CCCO)C[C@H]1C(=O)OCc1ccccc1. The second-order valence-electron chi connectivity index (χ2n) is 6.29. The molecule has 1 aliphatic carbocycles. The molecule has 0 bridgehead atoms. The summed E-state index contributed by atoms with van der Waals surface area (Å²) in [5, 5.41) is 19.6. The average Bonchev–Trinajstić information content (AvgIpc) is 2.96. The topological polar surface area (TPSA) is 93.1 Å². The number of rotatable bonds is 7. The zero-order chi connectivity index (χ0) is 17.6. The maximum absolute atomic E-state index is 12.4. The van der Waals surface area contributed by atoms with E-state index >= 15 is 0 Å². The third-order valence-electron chi connectivity index (χ3n) is 4.52. The summed E-state index contributed by atoms with van der Waals surface area (Å²) in [6, 6.07) is 9.26. The minimum atomic E-state index is -1.15. The molecule has 0 amide bonds. The van der Waals surface area contributed by atoms with Gasteiger partial charge in [0, 0.05) is 6.61 Å². The summed E-state index contributed by atoms with van der Waals surface area (Å²) in [7, 11) is 1.26. The Morgan fingerprint density at radius 1 is 1.17 bits per heavy atom. The van der Waals surface area contributed by atoms with Crippen LogP contribution in [0.1, 0.15) is 31.2 Å². The highest BCUT2D eigenvalue weighted by atomic mass is 16.5. The highest BCUT2D eigenvalue weighted by Crippen LogP contribution is 2.43. The van der Waals surface area contributed by atoms with Gasteiger partial charge in [-0.25, -0.2) is 0 Å². The van der Waals surface area contributed by atoms with Crippen LogP contribution in [0.2, 0.25) is 0 Å². The minimum absolute atomic E-state index is 0.0473. The van der Waals surface area contributed by atoms with Gasteiger partial charge in [-0.15, -0.1) is 0 Å². The lowest BCUT2D eigenvalue weighted by atomic mass is 9.94. The van der Waals surface area contributed by atoms with Gasteiger partial charge in [0.2, 0.25) is 0 Å². The van der Waals surface area contributed by atoms with Crippen LogP contribution < -0.4 is 0 Å². The van der Waals surface area contributed by atoms with Crippen molar-refractivity contribution in [1.29, 1.82) is 0 Å². The van der Waals surface area contributed by atoms with E-state index in [1.165, 1.54) is 7.11 Å². The molecule has 6 heteroatoms. The number of carbonyl (C=O) groups excluding carboxylic acids is 2. The summed E-state index contributed by atoms with van der Waals surface area (Å²) in [5.41, 5.74) is -0.299. The Morgan fingerprint density at radius 2 is 1.79 bits per heavy atom. The maximum Gasteiger partial charge on any atom is 0.310 e. The summed E-state index contributed by atoms with van der Waals surface area (Å²) in [4.78, 5) is 24.4. The molecule has 0 heterocycles. The van der Waals surface area contributed by atoms with E-state index in [4.69, 9.17) is 14.6 Å². The van der Waals surface area contributed by atoms with E-state index in [-0.39, 0.29) is 26.1 Å². The van der Waals surface area contributed by atoms with Crippen molar-refractivity contribution in [2.75, 3.05) is 13.7 Å². The molecule has 1 aromatic carbocycles. The molecule has 1 saturated carbocycles. The van der Waals surface area contributed by atoms with Crippen molar-refractivity contribution < 1.29 is 29.3 Å². The average molecular weight is 336 g/mol. The first kappa shape index (κ1) is 18.4. The Labute approximate surface area is 141 Å². The molecule has 1 unspecified atom stereocenters. The Hall–Kier alpha value is -1.92. The molecule has 1 aliphatic rings. The van der Waals surface area contributed by atoms with Crippen molar-refractivity contribution in [2.45, 2.75) is 37.9 Å². The third kappa shape index (κ3) is 4.55. The number of benzene rings is 1. The van der Waals surface area contributed by atoms with Crippen molar-refractivity contribution in [3.05, 3.63) is 35.9 Å². The summed E-state index contributed by atoms with van der Waals surface area (Å²) in [6.07, 6.45) is 1.03. The number of aliphatic hydroxyl groups is 2. The molecule has 0 spiro atoms. The predicted octanol–water partition coefficient (Wildman–Crippen LogP) is 1.43. The molecule has 6 nitrogen and oxygen atoms in total. The smallest absolute Gasteiger partial charge is 0.310 e. The molecule has 24 heavy (non-hydrogen) atoms. The van der Waals surface area contributed by atoms with Crippen LogP contribution >= 0.6 is 0 Å². The fourth-order valence-corrected chi connectivity index (χ4v) is 3.28. The highest BCUT2D eigenvalue weighted by Gasteiger charge is 2.51. The lowest BCUT2D eigenvalue weighted by Gasteiger charge is -2.21. The van der Waals surface area contributed by atoms with Crippen molar-refractivity contribution in [2.24, 2.45) is 11.8 Å². The molecule has 1 fully saturated rings. The van der Waals surface area contributed by atoms with Crippen molar-refractivity contribution in [3.63, 3.8) is 0 Å². The monoisotopic (exact) mass is 336 g/mol. The standard InChI is InChI=1S/C18H24O6/c1-23-16(20)14-10-18(22,8-5-9-19)11-15(14)17(21)24-12-13-6-3-2-4-7-13/h2-4,6-7,14-15,19,22H,5,8-12H2,1H3/t14-,15+,18?/m0/s1. The van der Waals surface area contributed by atoms with Gasteiger partial charge in [-0.1, -0.05) is 30.3 Å². The van der Waals surface area contributed by atoms with Gasteiger partial charge in [0.25, 0.3) is 0 Å². The van der Waals surface area contributed by atoms with Gasteiger partial charge >= 0.3 is 11.9 Å². The number of ether oxygens (including phenoxy) is 2. The number of aliphatic hydroxyl groups excluding tert-OH is 1. The van der Waals surface area contributed by atoms with E-state index in [0.717, 1.165) is 5.56 Å². The number of esters is 2. The number of hydrogen-bond donors (Lipinski definition) is 2. The zero-order valence-corrected chi connectivity index (χ0v) is 13.8. The molecular weight excluding hydrogens is 312 g/mol. The van der Waals surface area contributed by atoms with Crippen LogP contribution in [0.15, 0.2) is 30.3 Å². The molecule has 2 N–H and O–H groups in total. The van der Waals surface area contributed by atoms with Gasteiger partial charge in [0.05, 0.1) is 24.5 Å². The van der Waals surface area contributed by atoms with Crippen molar-refractivity contribution in [1.82, 2.24) is 0 Å². The quantitative estimate of drug-likeness (QED) is 0.732. The normalized spacial score (nSPS) is 26.1. The summed E-state index contributed by atoms with van der Waals surface area (Å²) in [6.45, 7) is 0.0768. The van der Waals surface area contributed by atoms with Gasteiger partial charge in [-0.05, 0) is 31.2 Å². The lowest BCUT2D eigenvalue weighted by molar-refractivity contribution is -0.158. The molecule has 3 atom stereocenters. The zero-order valence-electron chi connectivity index (χ0n) is 13.8. The Bertz CT molecular complexity index is 558. The fourth-order valence-electron chi connectivity index (χ4n) is 3.28. The summed E-state index contributed by atoms with van der Waals surface area (Å²) >= 11 is 0. The third-order valence-corrected chi connectivity index (χ3v) is 4.52. The largest absolute Gasteiger partial charge is 0.469 e.